The van der Waals surface area contributed by atoms with Crippen LogP contribution >= 0.6 is 0 Å². The van der Waals surface area contributed by atoms with Gasteiger partial charge in [-0.15, -0.1) is 0 Å². The average Bonchev–Trinajstić information content (AvgIpc) is 3.41. The maximum atomic E-state index is 12.4. The minimum Gasteiger partial charge on any atom is -0.507 e. The fourth-order valence-electron chi connectivity index (χ4n) is 10.9. The molecule has 4 N–H and O–H groups in total. The molecule has 344 valence electrons. The monoisotopic (exact) mass is 936 g/mol. The summed E-state index contributed by atoms with van der Waals surface area (Å²) in [6.45, 7) is 1.59. The van der Waals surface area contributed by atoms with Crippen molar-refractivity contribution in [3.63, 3.8) is 0 Å². The van der Waals surface area contributed by atoms with E-state index in [4.69, 9.17) is 0 Å². The summed E-state index contributed by atoms with van der Waals surface area (Å²) in [5, 5.41) is 57.0. The molecule has 0 amide bonds. The minimum absolute atomic E-state index is 0.130. The van der Waals surface area contributed by atoms with Crippen LogP contribution in [0.2, 0.25) is 0 Å². The fraction of sp³-hybridized carbons (Fsp3) is 0.0625. The van der Waals surface area contributed by atoms with Crippen LogP contribution in [0.4, 0.5) is 0 Å². The number of benzene rings is 8. The number of fused-ring (bicyclic) bond motifs is 4. The van der Waals surface area contributed by atoms with Gasteiger partial charge in [0.2, 0.25) is 0 Å². The van der Waals surface area contributed by atoms with Gasteiger partial charge in [-0.3, -0.25) is 0 Å². The largest absolute Gasteiger partial charge is 0.507 e. The molecule has 0 aliphatic carbocycles. The molecule has 0 radical (unpaired) electrons. The van der Waals surface area contributed by atoms with E-state index in [2.05, 4.69) is 91.1 Å². The van der Waals surface area contributed by atoms with Gasteiger partial charge in [0.05, 0.1) is 22.3 Å². The Labute approximate surface area is 415 Å². The number of phenolic OH excluding ortho intramolecular Hbond substituents is 4. The van der Waals surface area contributed by atoms with Crippen LogP contribution in [0.15, 0.2) is 219 Å². The minimum atomic E-state index is 0.130. The molecule has 0 saturated carbocycles. The molecule has 16 bridgehead atoms. The molecule has 8 heteroatoms. The Morgan fingerprint density at radius 1 is 0.250 bits per heavy atom. The molecule has 7 aliphatic rings. The second-order valence-corrected chi connectivity index (χ2v) is 19.0. The summed E-state index contributed by atoms with van der Waals surface area (Å²) in [6.07, 6.45) is 16.2. The molecule has 72 heavy (non-hydrogen) atoms. The zero-order chi connectivity index (χ0) is 48.5. The predicted octanol–water partition coefficient (Wildman–Crippen LogP) is 11.4. The highest BCUT2D eigenvalue weighted by atomic mass is 16.3. The Hall–Kier alpha value is -9.40. The first-order chi connectivity index (χ1) is 35.3. The SMILES string of the molecule is Oc1c2cc3ccccc3c1-c1c(O)c(cc3ccccc13)C[n+]1ccc(cc1)-c1cc[n+](cc1)Cc1cc3ccccc3c(c1O)-c1c(O)c(cc3ccccc13)C[n+]1ccc(cc1)-c1cc[n+](cc1)C2. The van der Waals surface area contributed by atoms with Gasteiger partial charge in [0, 0.05) is 70.8 Å². The Balaban J connectivity index is 0.965. The number of rotatable bonds is 0. The molecule has 0 spiro atoms. The lowest BCUT2D eigenvalue weighted by atomic mass is 9.88. The molecule has 12 aromatic rings. The van der Waals surface area contributed by atoms with Crippen molar-refractivity contribution in [1.82, 2.24) is 0 Å². The third kappa shape index (κ3) is 7.40. The van der Waals surface area contributed by atoms with E-state index in [-0.39, 0.29) is 23.0 Å². The molecule has 11 heterocycles. The number of aromatic hydroxyl groups is 4. The van der Waals surface area contributed by atoms with Crippen LogP contribution in [0.3, 0.4) is 0 Å². The van der Waals surface area contributed by atoms with Crippen LogP contribution < -0.4 is 18.3 Å². The van der Waals surface area contributed by atoms with E-state index in [0.29, 0.717) is 48.4 Å². The van der Waals surface area contributed by atoms with E-state index >= 15 is 0 Å². The predicted molar refractivity (Wildman–Crippen MR) is 281 cm³/mol. The van der Waals surface area contributed by atoms with Crippen molar-refractivity contribution in [2.45, 2.75) is 26.2 Å². The van der Waals surface area contributed by atoms with Gasteiger partial charge < -0.3 is 20.4 Å². The highest BCUT2D eigenvalue weighted by molar-refractivity contribution is 6.12. The second kappa shape index (κ2) is 17.2. The van der Waals surface area contributed by atoms with Gasteiger partial charge in [0.1, 0.15) is 23.0 Å². The lowest BCUT2D eigenvalue weighted by molar-refractivity contribution is -0.688. The van der Waals surface area contributed by atoms with E-state index in [1.165, 1.54) is 0 Å². The summed E-state index contributed by atoms with van der Waals surface area (Å²) < 4.78 is 8.23. The maximum absolute atomic E-state index is 12.4. The van der Waals surface area contributed by atoms with E-state index < -0.39 is 0 Å². The van der Waals surface area contributed by atoms with E-state index in [9.17, 15) is 20.4 Å². The van der Waals surface area contributed by atoms with Gasteiger partial charge in [-0.1, -0.05) is 97.1 Å². The lowest BCUT2D eigenvalue weighted by Crippen LogP contribution is -2.34. The normalized spacial score (nSPS) is 12.4. The molecule has 0 unspecified atom stereocenters. The van der Waals surface area contributed by atoms with Gasteiger partial charge in [-0.2, -0.15) is 0 Å². The zero-order valence-corrected chi connectivity index (χ0v) is 39.2. The fourth-order valence-corrected chi connectivity index (χ4v) is 10.9. The third-order valence-corrected chi connectivity index (χ3v) is 14.5. The van der Waals surface area contributed by atoms with Crippen molar-refractivity contribution in [2.75, 3.05) is 0 Å². The summed E-state index contributed by atoms with van der Waals surface area (Å²) >= 11 is 0. The molecule has 0 atom stereocenters. The number of phenols is 4. The van der Waals surface area contributed by atoms with Crippen LogP contribution in [0.25, 0.3) is 87.6 Å². The number of pyridine rings is 4. The van der Waals surface area contributed by atoms with Gasteiger partial charge in [-0.25, -0.2) is 18.3 Å². The smallest absolute Gasteiger partial charge is 0.177 e. The highest BCUT2D eigenvalue weighted by Crippen LogP contribution is 2.49. The first kappa shape index (κ1) is 42.7. The summed E-state index contributed by atoms with van der Waals surface area (Å²) in [5.74, 6) is 0.520. The summed E-state index contributed by atoms with van der Waals surface area (Å²) in [4.78, 5) is 0. The molecule has 19 rings (SSSR count). The Morgan fingerprint density at radius 2 is 0.444 bits per heavy atom. The molecule has 7 aliphatic heterocycles. The van der Waals surface area contributed by atoms with Crippen LogP contribution in [-0.4, -0.2) is 20.4 Å². The van der Waals surface area contributed by atoms with Crippen molar-refractivity contribution < 1.29 is 38.7 Å². The number of aromatic nitrogens is 4. The van der Waals surface area contributed by atoms with Gasteiger partial charge in [-0.05, 0) is 89.6 Å². The van der Waals surface area contributed by atoms with E-state index in [1.807, 2.05) is 147 Å². The number of nitrogens with zero attached hydrogens (tertiary/aromatic N) is 4. The molecule has 8 aromatic carbocycles. The van der Waals surface area contributed by atoms with Crippen molar-refractivity contribution in [1.29, 1.82) is 0 Å². The van der Waals surface area contributed by atoms with Crippen LogP contribution in [0, 0.1) is 0 Å². The standard InChI is InChI=1S/C64H44N4O4/c69-61-49-33-45-9-1-5-13-53(45)57(61)58-54-14-6-2-10-46(54)34-50(62(58)70)38-66-27-19-43(20-28-66)44-23-31-68(32-24-44)40-52-36-48-12-4-8-16-56(48)60(64(52)72)59-55-15-7-3-11-47(55)35-51(63(59)71)39-67-29-21-42(22-30-67)41-17-25-65(37-49)26-18-41/h1-36H,37-40H2/p+4. The van der Waals surface area contributed by atoms with Gasteiger partial charge in [0.15, 0.2) is 75.8 Å². The Bertz CT molecular complexity index is 3580. The number of hydrogen-bond donors (Lipinski definition) is 4. The average molecular weight is 937 g/mol. The summed E-state index contributed by atoms with van der Waals surface area (Å²) in [7, 11) is 0. The van der Waals surface area contributed by atoms with Gasteiger partial charge >= 0.3 is 0 Å². The van der Waals surface area contributed by atoms with Crippen LogP contribution in [0.5, 0.6) is 23.0 Å². The Kier molecular flexibility index (Phi) is 10.2. The first-order valence-corrected chi connectivity index (χ1v) is 24.2. The molecule has 4 aromatic heterocycles. The summed E-state index contributed by atoms with van der Waals surface area (Å²) in [6, 6.07) is 57.0. The van der Waals surface area contributed by atoms with Crippen LogP contribution in [-0.2, 0) is 26.2 Å². The van der Waals surface area contributed by atoms with Crippen molar-refractivity contribution in [3.8, 4) is 67.5 Å². The van der Waals surface area contributed by atoms with Crippen molar-refractivity contribution in [3.05, 3.63) is 242 Å². The van der Waals surface area contributed by atoms with Crippen LogP contribution in [0.1, 0.15) is 22.3 Å². The topological polar surface area (TPSA) is 96.4 Å². The lowest BCUT2D eigenvalue weighted by Gasteiger charge is -2.18. The maximum Gasteiger partial charge on any atom is 0.177 e. The summed E-state index contributed by atoms with van der Waals surface area (Å²) in [5.41, 5.74) is 9.45. The molecular weight excluding hydrogens is 889 g/mol. The van der Waals surface area contributed by atoms with E-state index in [0.717, 1.165) is 87.6 Å². The van der Waals surface area contributed by atoms with Crippen molar-refractivity contribution >= 4 is 43.1 Å². The molecule has 8 nitrogen and oxygen atoms in total. The number of hydrogen-bond acceptors (Lipinski definition) is 4. The molecule has 0 fully saturated rings. The highest BCUT2D eigenvalue weighted by Gasteiger charge is 2.27. The first-order valence-electron chi connectivity index (χ1n) is 24.2. The quantitative estimate of drug-likeness (QED) is 0.114. The Morgan fingerprint density at radius 3 is 0.653 bits per heavy atom. The third-order valence-electron chi connectivity index (χ3n) is 14.5. The molecular formula is C64H48N4O4+4. The zero-order valence-electron chi connectivity index (χ0n) is 39.2. The molecule has 0 saturated heterocycles. The second-order valence-electron chi connectivity index (χ2n) is 19.0. The van der Waals surface area contributed by atoms with E-state index in [1.54, 1.807) is 0 Å². The van der Waals surface area contributed by atoms with Gasteiger partial charge in [0.25, 0.3) is 0 Å². The van der Waals surface area contributed by atoms with Crippen molar-refractivity contribution in [2.24, 2.45) is 0 Å².